The number of carbonyl (C=O) groups excluding carboxylic acids is 1. The number of Topliss-reactive ketones (excluding diaryl/α,β-unsaturated/α-hetero) is 1. The van der Waals surface area contributed by atoms with Crippen LogP contribution >= 0.6 is 11.3 Å². The number of aliphatic hydroxyl groups is 1. The molecule has 0 bridgehead atoms. The van der Waals surface area contributed by atoms with Crippen LogP contribution < -0.4 is 0 Å². The van der Waals surface area contributed by atoms with Crippen molar-refractivity contribution in [2.45, 2.75) is 5.92 Å². The van der Waals surface area contributed by atoms with Gasteiger partial charge in [-0.3, -0.25) is 4.79 Å². The molecule has 0 aliphatic rings. The van der Waals surface area contributed by atoms with Gasteiger partial charge >= 0.3 is 5.92 Å². The Morgan fingerprint density at radius 2 is 2.06 bits per heavy atom. The minimum Gasteiger partial charge on any atom is -0.390 e. The quantitative estimate of drug-likeness (QED) is 0.840. The molecule has 84 valence electrons. The summed E-state index contributed by atoms with van der Waals surface area (Å²) in [6.45, 7) is -1.46. The maximum atomic E-state index is 13.0. The fourth-order valence-corrected chi connectivity index (χ4v) is 2.36. The van der Waals surface area contributed by atoms with E-state index in [1.807, 2.05) is 0 Å². The minimum atomic E-state index is -3.70. The van der Waals surface area contributed by atoms with Crippen LogP contribution in [0, 0.1) is 0 Å². The maximum absolute atomic E-state index is 13.0. The van der Waals surface area contributed by atoms with E-state index in [0.29, 0.717) is 5.39 Å². The molecule has 2 rings (SSSR count). The smallest absolute Gasteiger partial charge is 0.332 e. The van der Waals surface area contributed by atoms with Gasteiger partial charge < -0.3 is 5.11 Å². The fourth-order valence-electron chi connectivity index (χ4n) is 1.42. The summed E-state index contributed by atoms with van der Waals surface area (Å²) in [5.41, 5.74) is -0.0281. The topological polar surface area (TPSA) is 37.3 Å². The van der Waals surface area contributed by atoms with Gasteiger partial charge in [0, 0.05) is 21.0 Å². The van der Waals surface area contributed by atoms with Crippen molar-refractivity contribution < 1.29 is 18.7 Å². The van der Waals surface area contributed by atoms with Gasteiger partial charge in [0.05, 0.1) is 0 Å². The van der Waals surface area contributed by atoms with E-state index in [-0.39, 0.29) is 5.56 Å². The average molecular weight is 242 g/mol. The zero-order chi connectivity index (χ0) is 11.8. The highest BCUT2D eigenvalue weighted by Crippen LogP contribution is 2.30. The van der Waals surface area contributed by atoms with E-state index in [4.69, 9.17) is 5.11 Å². The molecule has 2 nitrogen and oxygen atoms in total. The van der Waals surface area contributed by atoms with Crippen LogP contribution in [0.25, 0.3) is 10.1 Å². The third kappa shape index (κ3) is 1.72. The number of carbonyl (C=O) groups is 1. The third-order valence-corrected chi connectivity index (χ3v) is 3.22. The first kappa shape index (κ1) is 11.2. The van der Waals surface area contributed by atoms with E-state index in [9.17, 15) is 13.6 Å². The molecule has 1 N–H and O–H groups in total. The van der Waals surface area contributed by atoms with Gasteiger partial charge in [-0.05, 0) is 6.07 Å². The highest BCUT2D eigenvalue weighted by molar-refractivity contribution is 7.17. The number of fused-ring (bicyclic) bond motifs is 1. The number of alkyl halides is 2. The number of rotatable bonds is 3. The van der Waals surface area contributed by atoms with E-state index >= 15 is 0 Å². The zero-order valence-electron chi connectivity index (χ0n) is 8.11. The largest absolute Gasteiger partial charge is 0.390 e. The van der Waals surface area contributed by atoms with Gasteiger partial charge in [-0.1, -0.05) is 18.2 Å². The van der Waals surface area contributed by atoms with Gasteiger partial charge in [0.1, 0.15) is 6.61 Å². The van der Waals surface area contributed by atoms with Gasteiger partial charge in [-0.25, -0.2) is 0 Å². The average Bonchev–Trinajstić information content (AvgIpc) is 2.71. The van der Waals surface area contributed by atoms with Crippen LogP contribution in [-0.2, 0) is 0 Å². The molecule has 1 aromatic carbocycles. The first-order valence-corrected chi connectivity index (χ1v) is 5.44. The molecule has 0 radical (unpaired) electrons. The predicted octanol–water partition coefficient (Wildman–Crippen LogP) is 2.71. The summed E-state index contributed by atoms with van der Waals surface area (Å²) >= 11 is 1.23. The number of thiophene rings is 1. The summed E-state index contributed by atoms with van der Waals surface area (Å²) in [6.07, 6.45) is 0. The Morgan fingerprint density at radius 3 is 2.75 bits per heavy atom. The van der Waals surface area contributed by atoms with Gasteiger partial charge in [0.15, 0.2) is 0 Å². The SMILES string of the molecule is O=C(c1csc2ccccc12)C(F)(F)CO. The summed E-state index contributed by atoms with van der Waals surface area (Å²) in [6, 6.07) is 6.83. The molecule has 0 aliphatic carbocycles. The Balaban J connectivity index is 2.52. The molecule has 2 aromatic rings. The lowest BCUT2D eigenvalue weighted by atomic mass is 10.1. The molecule has 0 atom stereocenters. The number of aliphatic hydroxyl groups excluding tert-OH is 1. The van der Waals surface area contributed by atoms with Crippen molar-refractivity contribution in [3.8, 4) is 0 Å². The van der Waals surface area contributed by atoms with Crippen LogP contribution in [0.4, 0.5) is 8.78 Å². The number of hydrogen-bond acceptors (Lipinski definition) is 3. The Morgan fingerprint density at radius 1 is 1.38 bits per heavy atom. The number of ketones is 1. The summed E-state index contributed by atoms with van der Waals surface area (Å²) in [7, 11) is 0. The molecule has 0 fully saturated rings. The second-order valence-corrected chi connectivity index (χ2v) is 4.25. The molecule has 0 spiro atoms. The molecule has 0 unspecified atom stereocenters. The second kappa shape index (κ2) is 3.92. The van der Waals surface area contributed by atoms with Gasteiger partial charge in [-0.15, -0.1) is 11.3 Å². The van der Waals surface area contributed by atoms with Crippen LogP contribution in [0.2, 0.25) is 0 Å². The normalized spacial score (nSPS) is 11.9. The lowest BCUT2D eigenvalue weighted by Gasteiger charge is -2.10. The van der Waals surface area contributed by atoms with Crippen LogP contribution in [0.15, 0.2) is 29.6 Å². The first-order valence-electron chi connectivity index (χ1n) is 4.56. The highest BCUT2D eigenvalue weighted by atomic mass is 32.1. The molecule has 0 amide bonds. The van der Waals surface area contributed by atoms with Gasteiger partial charge in [0.25, 0.3) is 0 Å². The van der Waals surface area contributed by atoms with Gasteiger partial charge in [-0.2, -0.15) is 8.78 Å². The monoisotopic (exact) mass is 242 g/mol. The van der Waals surface area contributed by atoms with Crippen LogP contribution in [-0.4, -0.2) is 23.4 Å². The van der Waals surface area contributed by atoms with Crippen molar-refractivity contribution in [3.63, 3.8) is 0 Å². The molecular weight excluding hydrogens is 234 g/mol. The minimum absolute atomic E-state index is 0.0281. The summed E-state index contributed by atoms with van der Waals surface area (Å²) < 4.78 is 26.9. The zero-order valence-corrected chi connectivity index (χ0v) is 8.93. The summed E-state index contributed by atoms with van der Waals surface area (Å²) in [5.74, 6) is -5.03. The summed E-state index contributed by atoms with van der Waals surface area (Å²) in [5, 5.41) is 10.4. The van der Waals surface area contributed by atoms with Crippen molar-refractivity contribution in [1.29, 1.82) is 0 Å². The Hall–Kier alpha value is -1.33. The number of benzene rings is 1. The Bertz CT molecular complexity index is 534. The van der Waals surface area contributed by atoms with E-state index in [1.165, 1.54) is 16.7 Å². The van der Waals surface area contributed by atoms with Crippen molar-refractivity contribution in [2.75, 3.05) is 6.61 Å². The van der Waals surface area contributed by atoms with Gasteiger partial charge in [0.2, 0.25) is 5.78 Å². The fraction of sp³-hybridized carbons (Fsp3) is 0.182. The molecule has 0 saturated heterocycles. The molecule has 5 heteroatoms. The van der Waals surface area contributed by atoms with Crippen LogP contribution in [0.3, 0.4) is 0 Å². The van der Waals surface area contributed by atoms with E-state index in [2.05, 4.69) is 0 Å². The van der Waals surface area contributed by atoms with Crippen LogP contribution in [0.5, 0.6) is 0 Å². The molecule has 1 aromatic heterocycles. The molecule has 16 heavy (non-hydrogen) atoms. The Kier molecular flexibility index (Phi) is 2.73. The lowest BCUT2D eigenvalue weighted by molar-refractivity contribution is -0.0258. The second-order valence-electron chi connectivity index (χ2n) is 3.34. The molecular formula is C11H8F2O2S. The molecule has 1 heterocycles. The Labute approximate surface area is 94.1 Å². The third-order valence-electron chi connectivity index (χ3n) is 2.26. The lowest BCUT2D eigenvalue weighted by Crippen LogP contribution is -2.32. The standard InChI is InChI=1S/C11H8F2O2S/c12-11(13,6-14)10(15)8-5-16-9-4-2-1-3-7(8)9/h1-5,14H,6H2. The number of hydrogen-bond donors (Lipinski definition) is 1. The van der Waals surface area contributed by atoms with Crippen molar-refractivity contribution in [1.82, 2.24) is 0 Å². The number of halogens is 2. The first-order chi connectivity index (χ1) is 7.56. The summed E-state index contributed by atoms with van der Waals surface area (Å²) in [4.78, 5) is 11.5. The highest BCUT2D eigenvalue weighted by Gasteiger charge is 2.39. The van der Waals surface area contributed by atoms with E-state index in [1.54, 1.807) is 24.3 Å². The molecule has 0 aliphatic heterocycles. The van der Waals surface area contributed by atoms with Crippen molar-refractivity contribution in [2.24, 2.45) is 0 Å². The molecule has 0 saturated carbocycles. The van der Waals surface area contributed by atoms with E-state index < -0.39 is 18.3 Å². The van der Waals surface area contributed by atoms with E-state index in [0.717, 1.165) is 4.70 Å². The van der Waals surface area contributed by atoms with Crippen molar-refractivity contribution >= 4 is 27.2 Å². The maximum Gasteiger partial charge on any atom is 0.332 e. The van der Waals surface area contributed by atoms with Crippen molar-refractivity contribution in [3.05, 3.63) is 35.2 Å². The van der Waals surface area contributed by atoms with Crippen LogP contribution in [0.1, 0.15) is 10.4 Å². The predicted molar refractivity (Wildman–Crippen MR) is 58.2 cm³/mol.